The number of amides is 1. The van der Waals surface area contributed by atoms with E-state index >= 15 is 0 Å². The van der Waals surface area contributed by atoms with Gasteiger partial charge in [-0.15, -0.1) is 0 Å². The third-order valence-electron chi connectivity index (χ3n) is 6.34. The molecule has 0 bridgehead atoms. The lowest BCUT2D eigenvalue weighted by Crippen LogP contribution is -2.66. The fourth-order valence-electron chi connectivity index (χ4n) is 4.41. The Balaban J connectivity index is 1.56. The number of aliphatic hydroxyl groups excluding tert-OH is 2. The van der Waals surface area contributed by atoms with E-state index in [1.165, 1.54) is 10.6 Å². The van der Waals surface area contributed by atoms with Crippen LogP contribution in [0.4, 0.5) is 10.5 Å². The summed E-state index contributed by atoms with van der Waals surface area (Å²) in [5.41, 5.74) is -1.08. The van der Waals surface area contributed by atoms with Gasteiger partial charge in [0.1, 0.15) is 11.2 Å². The average Bonchev–Trinajstić information content (AvgIpc) is 2.71. The first kappa shape index (κ1) is 23.8. The van der Waals surface area contributed by atoms with E-state index in [0.29, 0.717) is 0 Å². The summed E-state index contributed by atoms with van der Waals surface area (Å²) in [6.07, 6.45) is -2.41. The molecule has 3 N–H and O–H groups in total. The SMILES string of the molecule is CN(C(=O)OC(C)(C)C)C1C[C@@H](O)C(O)(CN2CCN(c3ccccc3)CC2)[C@@H](O)C1. The molecule has 1 saturated carbocycles. The van der Waals surface area contributed by atoms with Gasteiger partial charge >= 0.3 is 6.09 Å². The maximum absolute atomic E-state index is 12.4. The first-order chi connectivity index (χ1) is 14.5. The molecule has 1 aromatic carbocycles. The molecule has 0 aromatic heterocycles. The number of anilines is 1. The Morgan fingerprint density at radius 1 is 1.10 bits per heavy atom. The highest BCUT2D eigenvalue weighted by atomic mass is 16.6. The highest BCUT2D eigenvalue weighted by Crippen LogP contribution is 2.33. The Kier molecular flexibility index (Phi) is 7.15. The summed E-state index contributed by atoms with van der Waals surface area (Å²) in [4.78, 5) is 18.2. The fraction of sp³-hybridized carbons (Fsp3) is 0.696. The molecule has 1 aliphatic carbocycles. The van der Waals surface area contributed by atoms with E-state index in [9.17, 15) is 20.1 Å². The molecular weight excluding hydrogens is 398 g/mol. The molecule has 0 spiro atoms. The molecule has 31 heavy (non-hydrogen) atoms. The summed E-state index contributed by atoms with van der Waals surface area (Å²) in [7, 11) is 1.60. The van der Waals surface area contributed by atoms with Crippen LogP contribution < -0.4 is 4.90 Å². The van der Waals surface area contributed by atoms with Gasteiger partial charge in [0.05, 0.1) is 12.2 Å². The van der Waals surface area contributed by atoms with Crippen LogP contribution in [0.25, 0.3) is 0 Å². The number of ether oxygens (including phenoxy) is 1. The van der Waals surface area contributed by atoms with E-state index < -0.39 is 35.5 Å². The fourth-order valence-corrected chi connectivity index (χ4v) is 4.41. The van der Waals surface area contributed by atoms with Crippen LogP contribution in [0.2, 0.25) is 0 Å². The molecule has 2 fully saturated rings. The Hall–Kier alpha value is -1.87. The molecule has 3 rings (SSSR count). The Morgan fingerprint density at radius 2 is 1.65 bits per heavy atom. The van der Waals surface area contributed by atoms with Crippen LogP contribution in [0.3, 0.4) is 0 Å². The second-order valence-corrected chi connectivity index (χ2v) is 9.84. The summed E-state index contributed by atoms with van der Waals surface area (Å²) < 4.78 is 5.39. The van der Waals surface area contributed by atoms with Crippen LogP contribution in [0.1, 0.15) is 33.6 Å². The minimum absolute atomic E-state index is 0.188. The number of para-hydroxylation sites is 1. The van der Waals surface area contributed by atoms with Crippen molar-refractivity contribution >= 4 is 11.8 Å². The van der Waals surface area contributed by atoms with E-state index in [-0.39, 0.29) is 19.4 Å². The standard InChI is InChI=1S/C23H37N3O5/c1-22(2,3)31-21(29)24(4)18-14-19(27)23(30,20(28)15-18)16-25-10-12-26(13-11-25)17-8-6-5-7-9-17/h5-9,18-20,27-28,30H,10-16H2,1-4H3/t18?,19-,20+,23?. The molecule has 4 atom stereocenters. The lowest BCUT2D eigenvalue weighted by atomic mass is 9.76. The van der Waals surface area contributed by atoms with Crippen molar-refractivity contribution in [2.75, 3.05) is 44.7 Å². The number of benzene rings is 1. The van der Waals surface area contributed by atoms with Crippen molar-refractivity contribution < 1.29 is 24.9 Å². The lowest BCUT2D eigenvalue weighted by Gasteiger charge is -2.48. The van der Waals surface area contributed by atoms with Crippen LogP contribution in [-0.2, 0) is 4.74 Å². The van der Waals surface area contributed by atoms with Gasteiger partial charge < -0.3 is 29.9 Å². The molecule has 174 valence electrons. The number of hydrogen-bond donors (Lipinski definition) is 3. The van der Waals surface area contributed by atoms with Crippen LogP contribution in [0.15, 0.2) is 30.3 Å². The van der Waals surface area contributed by atoms with Crippen LogP contribution in [0, 0.1) is 0 Å². The number of piperazine rings is 1. The summed E-state index contributed by atoms with van der Waals surface area (Å²) in [6, 6.07) is 9.79. The minimum atomic E-state index is -1.62. The first-order valence-corrected chi connectivity index (χ1v) is 11.1. The Bertz CT molecular complexity index is 718. The van der Waals surface area contributed by atoms with E-state index in [4.69, 9.17) is 4.74 Å². The van der Waals surface area contributed by atoms with Gasteiger partial charge in [-0.3, -0.25) is 4.90 Å². The average molecular weight is 436 g/mol. The molecule has 1 heterocycles. The van der Waals surface area contributed by atoms with Crippen molar-refractivity contribution in [1.82, 2.24) is 9.80 Å². The monoisotopic (exact) mass is 435 g/mol. The van der Waals surface area contributed by atoms with Gasteiger partial charge in [0, 0.05) is 51.5 Å². The number of rotatable bonds is 4. The zero-order valence-electron chi connectivity index (χ0n) is 19.1. The molecule has 8 heteroatoms. The topological polar surface area (TPSA) is 96.7 Å². The van der Waals surface area contributed by atoms with E-state index in [0.717, 1.165) is 26.2 Å². The maximum Gasteiger partial charge on any atom is 0.410 e. The van der Waals surface area contributed by atoms with Crippen molar-refractivity contribution in [3.05, 3.63) is 30.3 Å². The van der Waals surface area contributed by atoms with E-state index in [1.807, 2.05) is 18.2 Å². The van der Waals surface area contributed by atoms with Gasteiger partial charge in [0.25, 0.3) is 0 Å². The zero-order valence-corrected chi connectivity index (χ0v) is 19.1. The van der Waals surface area contributed by atoms with Crippen molar-refractivity contribution in [1.29, 1.82) is 0 Å². The summed E-state index contributed by atoms with van der Waals surface area (Å²) in [6.45, 7) is 8.67. The van der Waals surface area contributed by atoms with Gasteiger partial charge in [-0.1, -0.05) is 18.2 Å². The van der Waals surface area contributed by atoms with Gasteiger partial charge in [0.15, 0.2) is 0 Å². The van der Waals surface area contributed by atoms with Crippen molar-refractivity contribution in [2.45, 2.75) is 63.1 Å². The Labute approximate surface area is 185 Å². The number of aliphatic hydroxyl groups is 3. The van der Waals surface area contributed by atoms with Gasteiger partial charge in [-0.25, -0.2) is 4.79 Å². The van der Waals surface area contributed by atoms with Crippen molar-refractivity contribution in [2.24, 2.45) is 0 Å². The number of hydrogen-bond acceptors (Lipinski definition) is 7. The molecule has 2 aliphatic rings. The smallest absolute Gasteiger partial charge is 0.410 e. The van der Waals surface area contributed by atoms with E-state index in [2.05, 4.69) is 21.9 Å². The van der Waals surface area contributed by atoms with Crippen LogP contribution in [0.5, 0.6) is 0 Å². The predicted molar refractivity (Wildman–Crippen MR) is 119 cm³/mol. The molecule has 1 saturated heterocycles. The summed E-state index contributed by atoms with van der Waals surface area (Å²) in [5, 5.41) is 32.7. The normalized spacial score (nSPS) is 30.2. The first-order valence-electron chi connectivity index (χ1n) is 11.1. The molecule has 0 radical (unpaired) electrons. The maximum atomic E-state index is 12.4. The molecule has 1 aromatic rings. The van der Waals surface area contributed by atoms with Crippen molar-refractivity contribution in [3.8, 4) is 0 Å². The van der Waals surface area contributed by atoms with Crippen LogP contribution >= 0.6 is 0 Å². The van der Waals surface area contributed by atoms with E-state index in [1.54, 1.807) is 27.8 Å². The van der Waals surface area contributed by atoms with Crippen molar-refractivity contribution in [3.63, 3.8) is 0 Å². The third-order valence-corrected chi connectivity index (χ3v) is 6.34. The molecule has 8 nitrogen and oxygen atoms in total. The van der Waals surface area contributed by atoms with Gasteiger partial charge in [-0.2, -0.15) is 0 Å². The Morgan fingerprint density at radius 3 is 2.16 bits per heavy atom. The van der Waals surface area contributed by atoms with Gasteiger partial charge in [-0.05, 0) is 45.7 Å². The zero-order chi connectivity index (χ0) is 22.8. The lowest BCUT2D eigenvalue weighted by molar-refractivity contribution is -0.188. The second-order valence-electron chi connectivity index (χ2n) is 9.84. The number of carbonyl (C=O) groups excluding carboxylic acids is 1. The quantitative estimate of drug-likeness (QED) is 0.656. The summed E-state index contributed by atoms with van der Waals surface area (Å²) >= 11 is 0. The molecule has 1 amide bonds. The second kappa shape index (κ2) is 9.32. The largest absolute Gasteiger partial charge is 0.444 e. The summed E-state index contributed by atoms with van der Waals surface area (Å²) in [5.74, 6) is 0. The predicted octanol–water partition coefficient (Wildman–Crippen LogP) is 1.29. The van der Waals surface area contributed by atoms with Gasteiger partial charge in [0.2, 0.25) is 0 Å². The molecule has 1 aliphatic heterocycles. The molecular formula is C23H37N3O5. The number of carbonyl (C=O) groups is 1. The highest BCUT2D eigenvalue weighted by Gasteiger charge is 2.50. The number of β-amino-alcohol motifs (C(OH)–C–C–N with tert-alkyl or cyclic N) is 1. The number of nitrogens with zero attached hydrogens (tertiary/aromatic N) is 3. The third kappa shape index (κ3) is 5.68. The molecule has 2 unspecified atom stereocenters. The highest BCUT2D eigenvalue weighted by molar-refractivity contribution is 5.68. The minimum Gasteiger partial charge on any atom is -0.444 e. The van der Waals surface area contributed by atoms with Crippen LogP contribution in [-0.4, -0.2) is 100 Å².